The van der Waals surface area contributed by atoms with Gasteiger partial charge in [0.05, 0.1) is 5.56 Å². The molecular formula is C25H25N3O2. The van der Waals surface area contributed by atoms with Crippen molar-refractivity contribution in [2.75, 3.05) is 5.32 Å². The fourth-order valence-corrected chi connectivity index (χ4v) is 4.55. The van der Waals surface area contributed by atoms with Crippen molar-refractivity contribution in [2.24, 2.45) is 0 Å². The number of Topliss-reactive ketones (excluding diaryl/α,β-unsaturated/α-hetero) is 1. The van der Waals surface area contributed by atoms with E-state index in [1.807, 2.05) is 53.4 Å². The van der Waals surface area contributed by atoms with Gasteiger partial charge in [-0.1, -0.05) is 24.3 Å². The molecule has 1 N–H and O–H groups in total. The first-order valence-corrected chi connectivity index (χ1v) is 10.4. The average Bonchev–Trinajstić information content (AvgIpc) is 3.52. The van der Waals surface area contributed by atoms with Gasteiger partial charge in [0.1, 0.15) is 6.17 Å². The zero-order valence-electron chi connectivity index (χ0n) is 17.5. The summed E-state index contributed by atoms with van der Waals surface area (Å²) in [5.74, 6) is 0.149. The minimum atomic E-state index is -0.198. The minimum Gasteiger partial charge on any atom is -0.361 e. The summed E-state index contributed by atoms with van der Waals surface area (Å²) in [4.78, 5) is 27.2. The molecule has 5 nitrogen and oxygen atoms in total. The summed E-state index contributed by atoms with van der Waals surface area (Å²) in [5.41, 5.74) is 6.52. The standard InChI is InChI=1S/C25H25N3O2/c1-15-13-22(16(2)27(15)20-8-6-7-18(14-20)17(3)29)24-26-23-10-5-4-9-21(23)25(30)28(24)19-11-12-19/h4-10,13-14,19,24,26H,11-12H2,1-3H3/t24-/m1/s1. The lowest BCUT2D eigenvalue weighted by Crippen LogP contribution is -2.44. The Balaban J connectivity index is 1.61. The third kappa shape index (κ3) is 2.93. The van der Waals surface area contributed by atoms with Crippen LogP contribution >= 0.6 is 0 Å². The summed E-state index contributed by atoms with van der Waals surface area (Å²) in [6.07, 6.45) is 1.90. The number of fused-ring (bicyclic) bond motifs is 1. The second kappa shape index (κ2) is 6.87. The monoisotopic (exact) mass is 399 g/mol. The summed E-state index contributed by atoms with van der Waals surface area (Å²) in [5, 5.41) is 3.62. The van der Waals surface area contributed by atoms with Gasteiger partial charge in [0.25, 0.3) is 5.91 Å². The molecule has 1 fully saturated rings. The van der Waals surface area contributed by atoms with Crippen LogP contribution in [0.2, 0.25) is 0 Å². The number of nitrogens with zero attached hydrogens (tertiary/aromatic N) is 2. The summed E-state index contributed by atoms with van der Waals surface area (Å²) in [7, 11) is 0. The molecule has 5 heteroatoms. The molecule has 1 aromatic heterocycles. The highest BCUT2D eigenvalue weighted by Gasteiger charge is 2.43. The minimum absolute atomic E-state index is 0.0515. The molecule has 1 atom stereocenters. The Hall–Kier alpha value is -3.34. The van der Waals surface area contributed by atoms with Crippen LogP contribution in [-0.2, 0) is 0 Å². The van der Waals surface area contributed by atoms with Crippen LogP contribution in [0.15, 0.2) is 54.6 Å². The maximum absolute atomic E-state index is 13.3. The van der Waals surface area contributed by atoms with Crippen molar-refractivity contribution < 1.29 is 9.59 Å². The molecule has 0 spiro atoms. The van der Waals surface area contributed by atoms with Crippen LogP contribution in [0.25, 0.3) is 5.69 Å². The van der Waals surface area contributed by atoms with Crippen molar-refractivity contribution in [1.29, 1.82) is 0 Å². The number of hydrogen-bond donors (Lipinski definition) is 1. The SMILES string of the molecule is CC(=O)c1cccc(-n2c(C)cc([C@@H]3Nc4ccccc4C(=O)N3C3CC3)c2C)c1. The van der Waals surface area contributed by atoms with Gasteiger partial charge >= 0.3 is 0 Å². The molecule has 1 aliphatic heterocycles. The Morgan fingerprint density at radius 1 is 1.03 bits per heavy atom. The molecule has 3 aromatic rings. The predicted octanol–water partition coefficient (Wildman–Crippen LogP) is 5.03. The maximum Gasteiger partial charge on any atom is 0.258 e. The molecule has 2 aliphatic rings. The fourth-order valence-electron chi connectivity index (χ4n) is 4.55. The lowest BCUT2D eigenvalue weighted by atomic mass is 10.0. The number of carbonyl (C=O) groups is 2. The van der Waals surface area contributed by atoms with Gasteiger partial charge < -0.3 is 14.8 Å². The van der Waals surface area contributed by atoms with E-state index in [-0.39, 0.29) is 23.9 Å². The molecule has 1 saturated carbocycles. The van der Waals surface area contributed by atoms with Gasteiger partial charge in [-0.2, -0.15) is 0 Å². The van der Waals surface area contributed by atoms with Gasteiger partial charge in [-0.15, -0.1) is 0 Å². The molecule has 0 unspecified atom stereocenters. The molecular weight excluding hydrogens is 374 g/mol. The van der Waals surface area contributed by atoms with Crippen LogP contribution in [-0.4, -0.2) is 27.2 Å². The van der Waals surface area contributed by atoms with Crippen molar-refractivity contribution in [3.8, 4) is 5.69 Å². The molecule has 30 heavy (non-hydrogen) atoms. The number of amides is 1. The Morgan fingerprint density at radius 3 is 2.53 bits per heavy atom. The van der Waals surface area contributed by atoms with Crippen LogP contribution in [0.3, 0.4) is 0 Å². The van der Waals surface area contributed by atoms with Gasteiger partial charge in [0.15, 0.2) is 5.78 Å². The highest BCUT2D eigenvalue weighted by atomic mass is 16.2. The second-order valence-corrected chi connectivity index (χ2v) is 8.30. The van der Waals surface area contributed by atoms with Crippen LogP contribution in [0.4, 0.5) is 5.69 Å². The van der Waals surface area contributed by atoms with Gasteiger partial charge in [0, 0.05) is 39.9 Å². The van der Waals surface area contributed by atoms with Crippen molar-refractivity contribution in [1.82, 2.24) is 9.47 Å². The number of benzene rings is 2. The number of ketones is 1. The highest BCUT2D eigenvalue weighted by Crippen LogP contribution is 2.42. The van der Waals surface area contributed by atoms with Crippen molar-refractivity contribution >= 4 is 17.4 Å². The molecule has 1 aliphatic carbocycles. The van der Waals surface area contributed by atoms with E-state index in [4.69, 9.17) is 0 Å². The van der Waals surface area contributed by atoms with Gasteiger partial charge in [0.2, 0.25) is 0 Å². The van der Waals surface area contributed by atoms with E-state index in [1.54, 1.807) is 6.92 Å². The smallest absolute Gasteiger partial charge is 0.258 e. The first-order chi connectivity index (χ1) is 14.5. The molecule has 1 amide bonds. The average molecular weight is 399 g/mol. The maximum atomic E-state index is 13.3. The quantitative estimate of drug-likeness (QED) is 0.627. The zero-order chi connectivity index (χ0) is 21.0. The molecule has 2 aromatic carbocycles. The zero-order valence-corrected chi connectivity index (χ0v) is 17.5. The van der Waals surface area contributed by atoms with E-state index in [2.05, 4.69) is 29.8 Å². The largest absolute Gasteiger partial charge is 0.361 e. The molecule has 0 saturated heterocycles. The first kappa shape index (κ1) is 18.7. The second-order valence-electron chi connectivity index (χ2n) is 8.30. The predicted molar refractivity (Wildman–Crippen MR) is 117 cm³/mol. The third-order valence-electron chi connectivity index (χ3n) is 6.18. The van der Waals surface area contributed by atoms with Gasteiger partial charge in [-0.3, -0.25) is 9.59 Å². The Kier molecular flexibility index (Phi) is 4.28. The lowest BCUT2D eigenvalue weighted by molar-refractivity contribution is 0.0666. The van der Waals surface area contributed by atoms with Crippen molar-refractivity contribution in [2.45, 2.75) is 45.8 Å². The summed E-state index contributed by atoms with van der Waals surface area (Å²) >= 11 is 0. The number of hydrogen-bond acceptors (Lipinski definition) is 3. The van der Waals surface area contributed by atoms with Crippen LogP contribution < -0.4 is 5.32 Å². The number of aromatic nitrogens is 1. The normalized spacial score (nSPS) is 18.2. The van der Waals surface area contributed by atoms with Crippen molar-refractivity contribution in [3.63, 3.8) is 0 Å². The van der Waals surface area contributed by atoms with Crippen LogP contribution in [0.5, 0.6) is 0 Å². The molecule has 0 radical (unpaired) electrons. The van der Waals surface area contributed by atoms with E-state index in [0.29, 0.717) is 5.56 Å². The number of para-hydroxylation sites is 1. The number of aryl methyl sites for hydroxylation is 1. The Labute approximate surface area is 176 Å². The van der Waals surface area contributed by atoms with Crippen LogP contribution in [0, 0.1) is 13.8 Å². The Bertz CT molecular complexity index is 1170. The molecule has 0 bridgehead atoms. The lowest BCUT2D eigenvalue weighted by Gasteiger charge is -2.38. The first-order valence-electron chi connectivity index (χ1n) is 10.4. The highest BCUT2D eigenvalue weighted by molar-refractivity contribution is 6.02. The molecule has 152 valence electrons. The van der Waals surface area contributed by atoms with E-state index < -0.39 is 0 Å². The number of rotatable bonds is 4. The van der Waals surface area contributed by atoms with Crippen molar-refractivity contribution in [3.05, 3.63) is 82.7 Å². The molecule has 2 heterocycles. The van der Waals surface area contributed by atoms with Gasteiger partial charge in [-0.05, 0) is 63.9 Å². The van der Waals surface area contributed by atoms with E-state index >= 15 is 0 Å². The summed E-state index contributed by atoms with van der Waals surface area (Å²) in [6, 6.07) is 17.9. The van der Waals surface area contributed by atoms with E-state index in [9.17, 15) is 9.59 Å². The summed E-state index contributed by atoms with van der Waals surface area (Å²) in [6.45, 7) is 5.74. The molecule has 5 rings (SSSR count). The van der Waals surface area contributed by atoms with Crippen LogP contribution in [0.1, 0.15) is 63.6 Å². The number of nitrogens with one attached hydrogen (secondary N) is 1. The topological polar surface area (TPSA) is 54.3 Å². The number of anilines is 1. The Morgan fingerprint density at radius 2 is 1.80 bits per heavy atom. The van der Waals surface area contributed by atoms with E-state index in [0.717, 1.165) is 46.7 Å². The van der Waals surface area contributed by atoms with Gasteiger partial charge in [-0.25, -0.2) is 0 Å². The summed E-state index contributed by atoms with van der Waals surface area (Å²) < 4.78 is 2.17. The third-order valence-corrected chi connectivity index (χ3v) is 6.18. The van der Waals surface area contributed by atoms with E-state index in [1.165, 1.54) is 0 Å². The number of carbonyl (C=O) groups excluding carboxylic acids is 2. The fraction of sp³-hybridized carbons (Fsp3) is 0.280.